The quantitative estimate of drug-likeness (QED) is 0.515. The first-order chi connectivity index (χ1) is 12.9. The predicted octanol–water partition coefficient (Wildman–Crippen LogP) is 5.01. The number of amides is 1. The van der Waals surface area contributed by atoms with Gasteiger partial charge in [-0.1, -0.05) is 47.7 Å². The molecule has 0 bridgehead atoms. The van der Waals surface area contributed by atoms with Crippen molar-refractivity contribution in [1.82, 2.24) is 0 Å². The number of anilines is 1. The van der Waals surface area contributed by atoms with Gasteiger partial charge in [-0.05, 0) is 42.8 Å². The van der Waals surface area contributed by atoms with Crippen LogP contribution in [0.4, 0.5) is 14.5 Å². The van der Waals surface area contributed by atoms with E-state index in [0.29, 0.717) is 20.5 Å². The first-order valence-electron chi connectivity index (χ1n) is 7.86. The summed E-state index contributed by atoms with van der Waals surface area (Å²) in [5.41, 5.74) is 2.28. The number of carbonyl (C=O) groups is 1. The zero-order valence-electron chi connectivity index (χ0n) is 14.4. The fourth-order valence-corrected chi connectivity index (χ4v) is 3.81. The average Bonchev–Trinajstić information content (AvgIpc) is 2.89. The zero-order chi connectivity index (χ0) is 19.6. The molecule has 1 fully saturated rings. The van der Waals surface area contributed by atoms with Crippen molar-refractivity contribution in [3.63, 3.8) is 0 Å². The standard InChI is InChI=1S/C19H15F2NO3S2/c1-11-3-6-13(7-4-11)22-17(23)16(27-19(22)26)10-12-5-8-14(24-2)15(9-12)25-18(20)21/h3-10,18H,1-2H3/b16-10-. The molecule has 0 N–H and O–H groups in total. The number of hydrogen-bond donors (Lipinski definition) is 0. The molecule has 1 saturated heterocycles. The SMILES string of the molecule is COc1ccc(/C=C2\SC(=S)N(c3ccc(C)cc3)C2=O)cc1OC(F)F. The van der Waals surface area contributed by atoms with Crippen molar-refractivity contribution in [1.29, 1.82) is 0 Å². The molecule has 27 heavy (non-hydrogen) atoms. The van der Waals surface area contributed by atoms with Crippen LogP contribution >= 0.6 is 24.0 Å². The molecule has 1 aliphatic rings. The Morgan fingerprint density at radius 1 is 1.15 bits per heavy atom. The molecule has 140 valence electrons. The number of methoxy groups -OCH3 is 1. The highest BCUT2D eigenvalue weighted by molar-refractivity contribution is 8.27. The fourth-order valence-electron chi connectivity index (χ4n) is 2.51. The van der Waals surface area contributed by atoms with E-state index in [2.05, 4.69) is 4.74 Å². The van der Waals surface area contributed by atoms with Gasteiger partial charge < -0.3 is 9.47 Å². The first-order valence-corrected chi connectivity index (χ1v) is 9.09. The number of nitrogens with zero attached hydrogens (tertiary/aromatic N) is 1. The number of halogens is 2. The van der Waals surface area contributed by atoms with E-state index in [9.17, 15) is 13.6 Å². The second kappa shape index (κ2) is 8.06. The molecule has 1 aliphatic heterocycles. The van der Waals surface area contributed by atoms with Gasteiger partial charge in [0.25, 0.3) is 5.91 Å². The van der Waals surface area contributed by atoms with Crippen LogP contribution in [0.2, 0.25) is 0 Å². The van der Waals surface area contributed by atoms with Crippen LogP contribution in [0.25, 0.3) is 6.08 Å². The molecule has 3 rings (SSSR count). The van der Waals surface area contributed by atoms with Crippen LogP contribution in [0.15, 0.2) is 47.4 Å². The van der Waals surface area contributed by atoms with Crippen LogP contribution in [-0.2, 0) is 4.79 Å². The van der Waals surface area contributed by atoms with Gasteiger partial charge in [-0.3, -0.25) is 9.69 Å². The van der Waals surface area contributed by atoms with Gasteiger partial charge in [0.15, 0.2) is 15.8 Å². The predicted molar refractivity (Wildman–Crippen MR) is 106 cm³/mol. The number of thioether (sulfide) groups is 1. The van der Waals surface area contributed by atoms with Gasteiger partial charge in [-0.25, -0.2) is 0 Å². The second-order valence-corrected chi connectivity index (χ2v) is 7.32. The second-order valence-electron chi connectivity index (χ2n) is 5.64. The Hall–Kier alpha value is -2.45. The van der Waals surface area contributed by atoms with Crippen molar-refractivity contribution in [2.75, 3.05) is 12.0 Å². The van der Waals surface area contributed by atoms with E-state index in [1.165, 1.54) is 24.1 Å². The molecule has 0 atom stereocenters. The van der Waals surface area contributed by atoms with E-state index >= 15 is 0 Å². The Labute approximate surface area is 164 Å². The largest absolute Gasteiger partial charge is 0.493 e. The van der Waals surface area contributed by atoms with Crippen LogP contribution < -0.4 is 14.4 Å². The molecule has 1 amide bonds. The maximum Gasteiger partial charge on any atom is 0.387 e. The van der Waals surface area contributed by atoms with Crippen molar-refractivity contribution in [2.45, 2.75) is 13.5 Å². The molecule has 0 saturated carbocycles. The molecule has 2 aromatic carbocycles. The number of hydrogen-bond acceptors (Lipinski definition) is 5. The highest BCUT2D eigenvalue weighted by atomic mass is 32.2. The normalized spacial score (nSPS) is 15.7. The summed E-state index contributed by atoms with van der Waals surface area (Å²) in [6, 6.07) is 12.0. The van der Waals surface area contributed by atoms with Gasteiger partial charge in [0.1, 0.15) is 0 Å². The van der Waals surface area contributed by atoms with Crippen molar-refractivity contribution < 1.29 is 23.0 Å². The maximum absolute atomic E-state index is 12.8. The highest BCUT2D eigenvalue weighted by Crippen LogP contribution is 2.37. The van der Waals surface area contributed by atoms with Gasteiger partial charge in [0.05, 0.1) is 17.7 Å². The summed E-state index contributed by atoms with van der Waals surface area (Å²) in [7, 11) is 1.36. The minimum atomic E-state index is -2.98. The Morgan fingerprint density at radius 2 is 1.85 bits per heavy atom. The van der Waals surface area contributed by atoms with Crippen molar-refractivity contribution in [3.8, 4) is 11.5 Å². The van der Waals surface area contributed by atoms with E-state index < -0.39 is 6.61 Å². The highest BCUT2D eigenvalue weighted by Gasteiger charge is 2.33. The molecule has 0 aliphatic carbocycles. The molecule has 1 heterocycles. The summed E-state index contributed by atoms with van der Waals surface area (Å²) in [4.78, 5) is 14.6. The molecule has 0 spiro atoms. The summed E-state index contributed by atoms with van der Waals surface area (Å²) >= 11 is 6.49. The van der Waals surface area contributed by atoms with Crippen molar-refractivity contribution in [2.24, 2.45) is 0 Å². The molecule has 0 radical (unpaired) electrons. The number of rotatable bonds is 5. The zero-order valence-corrected chi connectivity index (χ0v) is 16.1. The smallest absolute Gasteiger partial charge is 0.387 e. The topological polar surface area (TPSA) is 38.8 Å². The van der Waals surface area contributed by atoms with Crippen LogP contribution in [0, 0.1) is 6.92 Å². The number of alkyl halides is 2. The van der Waals surface area contributed by atoms with E-state index in [1.807, 2.05) is 31.2 Å². The van der Waals surface area contributed by atoms with Crippen molar-refractivity contribution in [3.05, 3.63) is 58.5 Å². The third kappa shape index (κ3) is 4.28. The first kappa shape index (κ1) is 19.3. The molecular formula is C19H15F2NO3S2. The molecular weight excluding hydrogens is 392 g/mol. The lowest BCUT2D eigenvalue weighted by molar-refractivity contribution is -0.113. The van der Waals surface area contributed by atoms with Crippen molar-refractivity contribution >= 4 is 46.0 Å². The van der Waals surface area contributed by atoms with Gasteiger partial charge in [0.2, 0.25) is 0 Å². The van der Waals surface area contributed by atoms with Gasteiger partial charge >= 0.3 is 6.61 Å². The number of ether oxygens (including phenoxy) is 2. The molecule has 8 heteroatoms. The van der Waals surface area contributed by atoms with Gasteiger partial charge in [-0.15, -0.1) is 0 Å². The van der Waals surface area contributed by atoms with Gasteiger partial charge in [-0.2, -0.15) is 8.78 Å². The Bertz CT molecular complexity index is 914. The van der Waals surface area contributed by atoms with Crippen LogP contribution in [-0.4, -0.2) is 23.9 Å². The Kier molecular flexibility index (Phi) is 5.76. The van der Waals surface area contributed by atoms with E-state index in [1.54, 1.807) is 12.1 Å². The van der Waals surface area contributed by atoms with Crippen LogP contribution in [0.1, 0.15) is 11.1 Å². The summed E-state index contributed by atoms with van der Waals surface area (Å²) in [5, 5.41) is 0. The molecule has 2 aromatic rings. The summed E-state index contributed by atoms with van der Waals surface area (Å²) in [6.45, 7) is -1.02. The third-order valence-corrected chi connectivity index (χ3v) is 5.09. The number of thiocarbonyl (C=S) groups is 1. The summed E-state index contributed by atoms with van der Waals surface area (Å²) in [5.74, 6) is -0.184. The lowest BCUT2D eigenvalue weighted by Crippen LogP contribution is -2.27. The van der Waals surface area contributed by atoms with Crippen LogP contribution in [0.3, 0.4) is 0 Å². The fraction of sp³-hybridized carbons (Fsp3) is 0.158. The maximum atomic E-state index is 12.8. The number of aryl methyl sites for hydroxylation is 1. The van der Waals surface area contributed by atoms with Crippen LogP contribution in [0.5, 0.6) is 11.5 Å². The van der Waals surface area contributed by atoms with Gasteiger partial charge in [0, 0.05) is 0 Å². The number of benzene rings is 2. The molecule has 4 nitrogen and oxygen atoms in total. The molecule has 0 unspecified atom stereocenters. The van der Waals surface area contributed by atoms with E-state index in [0.717, 1.165) is 17.3 Å². The van der Waals surface area contributed by atoms with E-state index in [-0.39, 0.29) is 17.4 Å². The van der Waals surface area contributed by atoms with E-state index in [4.69, 9.17) is 17.0 Å². The molecule has 0 aromatic heterocycles. The summed E-state index contributed by atoms with van der Waals surface area (Å²) < 4.78 is 35.1. The minimum Gasteiger partial charge on any atom is -0.493 e. The average molecular weight is 407 g/mol. The Morgan fingerprint density at radius 3 is 2.48 bits per heavy atom. The Balaban J connectivity index is 1.90. The third-order valence-electron chi connectivity index (χ3n) is 3.79. The lowest BCUT2D eigenvalue weighted by Gasteiger charge is -2.14. The lowest BCUT2D eigenvalue weighted by atomic mass is 10.1. The minimum absolute atomic E-state index is 0.102. The summed E-state index contributed by atoms with van der Waals surface area (Å²) in [6.07, 6.45) is 1.59. The monoisotopic (exact) mass is 407 g/mol. The number of carbonyl (C=O) groups excluding carboxylic acids is 1.